The number of ether oxygens (including phenoxy) is 12. The number of nitrogens with zero attached hydrogens (tertiary/aromatic N) is 6. The first-order chi connectivity index (χ1) is 79.6. The highest BCUT2D eigenvalue weighted by Crippen LogP contribution is 2.52. The van der Waals surface area contributed by atoms with Gasteiger partial charge in [-0.05, 0) is 326 Å². The molecule has 0 radical (unpaired) electrons. The maximum atomic E-state index is 10.9. The van der Waals surface area contributed by atoms with E-state index in [0.29, 0.717) is 176 Å². The molecular weight excluding hydrogens is 1740 g/mol. The summed E-state index contributed by atoms with van der Waals surface area (Å²) in [5.74, 6) is -5.25. The Balaban J connectivity index is 0.000000170. The molecule has 6 N–H and O–H groups in total. The van der Waals surface area contributed by atoms with Crippen molar-refractivity contribution in [3.63, 3.8) is 0 Å². The molecule has 768 valence electrons. The van der Waals surface area contributed by atoms with E-state index >= 15 is 0 Å². The maximum absolute atomic E-state index is 10.9. The molecule has 21 unspecified atom stereocenters. The lowest BCUT2D eigenvalue weighted by molar-refractivity contribution is -0.0192. The highest BCUT2D eigenvalue weighted by molar-refractivity contribution is 5.55. The molecule has 6 aromatic rings. The lowest BCUT2D eigenvalue weighted by Gasteiger charge is -2.46. The summed E-state index contributed by atoms with van der Waals surface area (Å²) in [5.41, 5.74) is 8.74. The molecule has 0 aliphatic carbocycles. The Kier molecular flexibility index (Phi) is 24.7. The summed E-state index contributed by atoms with van der Waals surface area (Å²) in [5, 5.41) is 64.8. The van der Waals surface area contributed by atoms with E-state index in [1.807, 2.05) is 23.1 Å². The van der Waals surface area contributed by atoms with Crippen molar-refractivity contribution in [2.75, 3.05) is 164 Å². The third kappa shape index (κ3) is 25.4. The van der Waals surface area contributed by atoms with Gasteiger partial charge in [0.05, 0.1) is 145 Å². The van der Waals surface area contributed by atoms with E-state index in [1.54, 1.807) is 58.2 Å². The van der Waals surface area contributed by atoms with Crippen LogP contribution in [-0.4, -0.2) is 260 Å². The van der Waals surface area contributed by atoms with Gasteiger partial charge in [0.2, 0.25) is 0 Å². The number of benzene rings is 6. The topological polar surface area (TPSA) is 252 Å². The van der Waals surface area contributed by atoms with Crippen molar-refractivity contribution in [3.8, 4) is 69.0 Å². The molecule has 0 aromatic heterocycles. The average Bonchev–Trinajstić information content (AvgIpc) is 0.712. The summed E-state index contributed by atoms with van der Waals surface area (Å²) < 4.78 is 346. The first-order valence-corrected chi connectivity index (χ1v) is 48.6. The van der Waals surface area contributed by atoms with Gasteiger partial charge in [-0.2, -0.15) is 0 Å². The molecule has 0 spiro atoms. The van der Waals surface area contributed by atoms with Crippen LogP contribution in [0.15, 0.2) is 72.7 Å². The zero-order chi connectivity index (χ0) is 130. The molecular formula is C114H174N6O18. The van der Waals surface area contributed by atoms with Crippen LogP contribution in [0.1, 0.15) is 311 Å². The number of aliphatic hydroxyl groups excluding tert-OH is 6. The van der Waals surface area contributed by atoms with Crippen molar-refractivity contribution in [3.05, 3.63) is 140 Å². The van der Waals surface area contributed by atoms with Gasteiger partial charge in [0, 0.05) is 139 Å². The van der Waals surface area contributed by atoms with Crippen molar-refractivity contribution in [1.29, 1.82) is 0 Å². The van der Waals surface area contributed by atoms with E-state index < -0.39 is 169 Å². The number of methoxy groups -OCH3 is 12. The van der Waals surface area contributed by atoms with Gasteiger partial charge in [-0.1, -0.05) is 82.9 Å². The molecule has 0 bridgehead atoms. The van der Waals surface area contributed by atoms with Crippen LogP contribution in [0.25, 0.3) is 0 Å². The zero-order valence-electron chi connectivity index (χ0n) is 119. The van der Waals surface area contributed by atoms with Crippen molar-refractivity contribution >= 4 is 0 Å². The van der Waals surface area contributed by atoms with Crippen LogP contribution in [0.3, 0.4) is 0 Å². The van der Waals surface area contributed by atoms with E-state index in [0.717, 1.165) is 99.3 Å². The second kappa shape index (κ2) is 49.1. The first kappa shape index (κ1) is 69.4. The normalized spacial score (nSPS) is 36.5. The Labute approximate surface area is 876 Å². The van der Waals surface area contributed by atoms with E-state index in [9.17, 15) is 30.6 Å². The van der Waals surface area contributed by atoms with Crippen molar-refractivity contribution in [2.45, 2.75) is 271 Å². The quantitative estimate of drug-likeness (QED) is 0.0329. The van der Waals surface area contributed by atoms with Crippen LogP contribution in [0.5, 0.6) is 69.0 Å². The Morgan fingerprint density at radius 2 is 0.464 bits per heavy atom. The standard InChI is InChI=1S/6C19H29NO3/c6*1-12(2)7-14-11-20-6-5-13-8-18(22-3)19(23-4)9-15(13)16(20)10-17(14)21/h6*8-9,12,14,16-17,21H,5-7,10-11H2,1-4H3/i1D3,4D3,7D2,12D,16D;2*1D3,7D2,12D,16D;4D3,9D,16D;9D,16D;4D3,16D. The third-order valence-electron chi connectivity index (χ3n) is 28.7. The Hall–Kier alpha value is -7.56. The number of piperidine rings is 6. The van der Waals surface area contributed by atoms with Crippen LogP contribution >= 0.6 is 0 Å². The molecule has 24 heteroatoms. The van der Waals surface area contributed by atoms with Gasteiger partial charge in [-0.15, -0.1) is 0 Å². The Morgan fingerprint density at radius 1 is 0.283 bits per heavy atom. The van der Waals surface area contributed by atoms with Crippen LogP contribution in [0.2, 0.25) is 0 Å². The number of hydrogen-bond donors (Lipinski definition) is 6. The van der Waals surface area contributed by atoms with E-state index in [-0.39, 0.29) is 104 Å². The summed E-state index contributed by atoms with van der Waals surface area (Å²) in [4.78, 5) is 11.4. The van der Waals surface area contributed by atoms with Crippen molar-refractivity contribution in [2.24, 2.45) is 70.9 Å². The average molecular weight is 1950 g/mol. The predicted molar refractivity (Wildman–Crippen MR) is 547 cm³/mol. The van der Waals surface area contributed by atoms with Crippen molar-refractivity contribution < 1.29 is 135 Å². The Bertz CT molecular complexity index is 6460. The smallest absolute Gasteiger partial charge is 0.161 e. The number of rotatable bonds is 24. The van der Waals surface area contributed by atoms with Gasteiger partial charge in [0.25, 0.3) is 0 Å². The second-order valence-corrected chi connectivity index (χ2v) is 39.5. The minimum atomic E-state index is -2.92. The van der Waals surface area contributed by atoms with Gasteiger partial charge >= 0.3 is 0 Å². The van der Waals surface area contributed by atoms with Gasteiger partial charge in [0.15, 0.2) is 69.0 Å². The molecule has 6 aromatic carbocycles. The molecule has 0 saturated carbocycles. The molecule has 6 fully saturated rings. The van der Waals surface area contributed by atoms with E-state index in [2.05, 4.69) is 51.3 Å². The summed E-state index contributed by atoms with van der Waals surface area (Å²) in [6.45, 7) is 12.5. The zero-order valence-corrected chi connectivity index (χ0v) is 83.8. The minimum Gasteiger partial charge on any atom is -0.493 e. The van der Waals surface area contributed by atoms with Crippen molar-refractivity contribution in [1.82, 2.24) is 29.4 Å². The number of hydrogen-bond acceptors (Lipinski definition) is 24. The molecule has 138 heavy (non-hydrogen) atoms. The van der Waals surface area contributed by atoms with Gasteiger partial charge in [0.1, 0.15) is 0 Å². The third-order valence-corrected chi connectivity index (χ3v) is 28.7. The van der Waals surface area contributed by atoms with Crippen LogP contribution in [-0.2, 0) is 38.5 Å². The number of aliphatic hydroxyl groups is 6. The summed E-state index contributed by atoms with van der Waals surface area (Å²) in [6, 6.07) is 9.61. The number of fused-ring (bicyclic) bond motifs is 18. The van der Waals surface area contributed by atoms with E-state index in [4.69, 9.17) is 105 Å². The van der Waals surface area contributed by atoms with Gasteiger partial charge in [-0.3, -0.25) is 29.4 Å². The molecule has 24 nitrogen and oxygen atoms in total. The largest absolute Gasteiger partial charge is 0.493 e. The fourth-order valence-corrected chi connectivity index (χ4v) is 22.1. The molecule has 12 aliphatic heterocycles. The van der Waals surface area contributed by atoms with Crippen LogP contribution < -0.4 is 56.8 Å². The molecule has 0 amide bonds. The predicted octanol–water partition coefficient (Wildman–Crippen LogP) is 18.2. The Morgan fingerprint density at radius 3 is 0.681 bits per heavy atom. The summed E-state index contributed by atoms with van der Waals surface area (Å²) >= 11 is 0. The maximum Gasteiger partial charge on any atom is 0.161 e. The highest BCUT2D eigenvalue weighted by Gasteiger charge is 2.47. The van der Waals surface area contributed by atoms with Crippen LogP contribution in [0.4, 0.5) is 0 Å². The lowest BCUT2D eigenvalue weighted by Crippen LogP contribution is -2.48. The fraction of sp³-hybridized carbons (Fsp3) is 0.684. The minimum absolute atomic E-state index is 0.0179. The molecule has 21 atom stereocenters. The molecule has 12 heterocycles. The van der Waals surface area contributed by atoms with Gasteiger partial charge < -0.3 is 87.5 Å². The van der Waals surface area contributed by atoms with Gasteiger partial charge in [-0.25, -0.2) is 0 Å². The highest BCUT2D eigenvalue weighted by atomic mass is 16.5. The summed E-state index contributed by atoms with van der Waals surface area (Å²) in [7, 11) is 5.35. The monoisotopic (exact) mass is 1950 g/mol. The molecule has 12 aliphatic rings. The fourth-order valence-electron chi connectivity index (χ4n) is 22.1. The molecule has 6 saturated heterocycles. The molecule has 18 rings (SSSR count). The summed E-state index contributed by atoms with van der Waals surface area (Å²) in [6.07, 6.45) is -6.28. The second-order valence-electron chi connectivity index (χ2n) is 39.5. The SMILES string of the molecule is [2H]C([2H])([2H])Oc1cc2c(cc1OC)CCN1CC(C([2H])([2H])C([2H])(C)C([2H])([2H])[2H])C(O)CC21[2H].[2H]C([2H])([2H])Oc1cc2c(cc1OC)CCN1CC(CC(C)C)C(O)CC21[2H].[2H]C12CC(O)C(C([2H])([2H])C([2H])(C)C([2H])([2H])[2H])CN1CCc1cc(OC)c(OC)cc12.[2H]C12CC(O)C(C([2H])([2H])C([2H])(C)C([2H])([2H])[2H])CN1CCc1cc(OC)c(OC)cc12.[2H]c1c(OC([2H])([2H])[2H])c(OC)cc2c1C1([2H])CC(O)C(CC(C)C)CN1CC2.[2H]c1c(OC)c(OC)cc2c1C1([2H])CC(O)C(CC(C)C)CN1CC2. The first-order valence-electron chi connectivity index (χ1n) is 66.1. The lowest BCUT2D eigenvalue weighted by atomic mass is 9.79. The van der Waals surface area contributed by atoms with Crippen LogP contribution in [0, 0.1) is 70.9 Å². The van der Waals surface area contributed by atoms with E-state index in [1.165, 1.54) is 62.9 Å².